The minimum atomic E-state index is -2.25. The van der Waals surface area contributed by atoms with Gasteiger partial charge in [0.15, 0.2) is 37.7 Å². The maximum Gasteiger partial charge on any atom is 0.187 e. The number of aliphatic hydroxyl groups is 19. The molecule has 0 aromatic heterocycles. The lowest BCUT2D eigenvalue weighted by molar-refractivity contribution is -0.398. The van der Waals surface area contributed by atoms with Gasteiger partial charge in [0.05, 0.1) is 39.6 Å². The number of hydrogen-bond donors (Lipinski definition) is 20. The van der Waals surface area contributed by atoms with Gasteiger partial charge in [-0.1, -0.05) is 0 Å². The van der Waals surface area contributed by atoms with Crippen molar-refractivity contribution in [3.8, 4) is 0 Å². The number of rotatable bonds is 22. The Kier molecular flexibility index (Phi) is 23.0. The molecule has 21 unspecified atom stereocenters. The van der Waals surface area contributed by atoms with Crippen LogP contribution in [-0.4, -0.2) is 334 Å². The summed E-state index contributed by atoms with van der Waals surface area (Å²) < 4.78 is 67.5. The van der Waals surface area contributed by atoms with Crippen LogP contribution in [-0.2, 0) is 56.8 Å². The average molecular weight is 1080 g/mol. The van der Waals surface area contributed by atoms with E-state index in [1.54, 1.807) is 0 Å². The third kappa shape index (κ3) is 13.4. The van der Waals surface area contributed by atoms with Crippen LogP contribution in [0.15, 0.2) is 0 Å². The second kappa shape index (κ2) is 27.5. The average Bonchev–Trinajstić information content (AvgIpc) is 3.38. The quantitative estimate of drug-likeness (QED) is 0.0448. The van der Waals surface area contributed by atoms with Crippen molar-refractivity contribution >= 4 is 0 Å². The Labute approximate surface area is 415 Å². The number of unbranched alkanes of at least 4 members (excludes halogenated alkanes) is 2. The highest BCUT2D eigenvalue weighted by Crippen LogP contribution is 2.37. The molecule has 73 heavy (non-hydrogen) atoms. The molecule has 32 heteroatoms. The van der Waals surface area contributed by atoms with Crippen molar-refractivity contribution in [3.05, 3.63) is 0 Å². The number of aliphatic hydroxyl groups excluding tert-OH is 19. The van der Waals surface area contributed by atoms with Crippen molar-refractivity contribution < 1.29 is 154 Å². The van der Waals surface area contributed by atoms with E-state index < -0.39 is 224 Å². The largest absolute Gasteiger partial charge is 0.394 e. The van der Waals surface area contributed by atoms with Crippen molar-refractivity contribution in [3.63, 3.8) is 0 Å². The van der Waals surface area contributed by atoms with Crippen LogP contribution in [0.1, 0.15) is 19.3 Å². The van der Waals surface area contributed by atoms with Crippen LogP contribution in [0.2, 0.25) is 0 Å². The highest BCUT2D eigenvalue weighted by molar-refractivity contribution is 5.00. The van der Waals surface area contributed by atoms with E-state index in [2.05, 4.69) is 0 Å². The van der Waals surface area contributed by atoms with E-state index in [9.17, 15) is 97.0 Å². The SMILES string of the molecule is NCCCCCO[C@@H]1OC(CO)[C@H](O)[C@H](OC2OC(CO)C(O)C(O[C@@H]3OC(CO)[C@H](O)[C@H](OC4OC(CO)C(O)C(O[C@@H]5OC(CO)[C@H](O)[C@H](OC6OC(CO)C(O)C(O)C6O)C5O)C4O)C3O)C2O)C1O. The molecule has 6 aliphatic rings. The Morgan fingerprint density at radius 2 is 0.521 bits per heavy atom. The van der Waals surface area contributed by atoms with Crippen LogP contribution < -0.4 is 5.73 Å². The zero-order chi connectivity index (χ0) is 53.6. The zero-order valence-electron chi connectivity index (χ0n) is 39.1. The fourth-order valence-corrected chi connectivity index (χ4v) is 9.23. The number of nitrogens with two attached hydrogens (primary N) is 1. The van der Waals surface area contributed by atoms with Crippen molar-refractivity contribution in [2.75, 3.05) is 52.8 Å². The van der Waals surface area contributed by atoms with E-state index >= 15 is 0 Å². The van der Waals surface area contributed by atoms with Gasteiger partial charge >= 0.3 is 0 Å². The molecule has 428 valence electrons. The molecule has 0 bridgehead atoms. The van der Waals surface area contributed by atoms with Crippen molar-refractivity contribution in [1.82, 2.24) is 0 Å². The van der Waals surface area contributed by atoms with Crippen LogP contribution in [0, 0.1) is 0 Å². The molecule has 0 aliphatic carbocycles. The fraction of sp³-hybridized carbons (Fsp3) is 1.00. The summed E-state index contributed by atoms with van der Waals surface area (Å²) >= 11 is 0. The molecule has 6 saturated heterocycles. The molecule has 32 nitrogen and oxygen atoms in total. The maximum absolute atomic E-state index is 11.7. The van der Waals surface area contributed by atoms with E-state index in [0.29, 0.717) is 25.8 Å². The Hall–Kier alpha value is -1.28. The summed E-state index contributed by atoms with van der Waals surface area (Å²) in [6.07, 6.45) is -55.5. The van der Waals surface area contributed by atoms with E-state index in [1.807, 2.05) is 0 Å². The molecule has 0 amide bonds. The van der Waals surface area contributed by atoms with Crippen LogP contribution in [0.4, 0.5) is 0 Å². The summed E-state index contributed by atoms with van der Waals surface area (Å²) in [5.74, 6) is 0. The van der Waals surface area contributed by atoms with Gasteiger partial charge in [-0.3, -0.25) is 0 Å². The second-order valence-corrected chi connectivity index (χ2v) is 18.5. The Balaban J connectivity index is 1.17. The highest BCUT2D eigenvalue weighted by Gasteiger charge is 2.58. The Morgan fingerprint density at radius 3 is 0.795 bits per heavy atom. The third-order valence-electron chi connectivity index (χ3n) is 13.5. The van der Waals surface area contributed by atoms with E-state index in [0.717, 1.165) is 0 Å². The molecule has 6 heterocycles. The van der Waals surface area contributed by atoms with Crippen molar-refractivity contribution in [2.24, 2.45) is 5.73 Å². The monoisotopic (exact) mass is 1080 g/mol. The maximum atomic E-state index is 11.7. The van der Waals surface area contributed by atoms with Gasteiger partial charge in [-0.05, 0) is 25.8 Å². The summed E-state index contributed by atoms with van der Waals surface area (Å²) in [6.45, 7) is -5.18. The number of hydrogen-bond acceptors (Lipinski definition) is 32. The van der Waals surface area contributed by atoms with Gasteiger partial charge in [0.25, 0.3) is 0 Å². The second-order valence-electron chi connectivity index (χ2n) is 18.5. The standard InChI is InChI=1S/C41H73NO31/c42-4-2-1-3-5-62-36-26(57)31(19(50)13(7-44)63-36)70-38-28(59)33(21(52)15(9-46)65-38)72-40-30(61)35(23(54)17(11-48)67-40)73-41-29(60)34(22(53)16(10-47)68-41)71-39-27(58)32(20(51)14(8-45)66-39)69-37-25(56)24(55)18(49)12(6-43)64-37/h12-41,43-61H,1-11,42H2/t12?,13?,14?,15?,16?,17?,18?,19-,20-,21?,22?,23-,24?,25?,26?,27?,28?,29?,30?,31-,32-,33?,34?,35-,36+,37?,38?,39-,40-,41?/m0/s1. The summed E-state index contributed by atoms with van der Waals surface area (Å²) in [4.78, 5) is 0. The summed E-state index contributed by atoms with van der Waals surface area (Å²) in [7, 11) is 0. The normalized spacial score (nSPS) is 50.0. The lowest BCUT2D eigenvalue weighted by Gasteiger charge is -2.50. The molecule has 6 rings (SSSR count). The van der Waals surface area contributed by atoms with Gasteiger partial charge in [-0.25, -0.2) is 0 Å². The molecule has 0 saturated carbocycles. The van der Waals surface area contributed by atoms with Crippen LogP contribution in [0.25, 0.3) is 0 Å². The van der Waals surface area contributed by atoms with Gasteiger partial charge in [0.1, 0.15) is 146 Å². The molecule has 0 aromatic rings. The number of ether oxygens (including phenoxy) is 12. The molecule has 6 fully saturated rings. The van der Waals surface area contributed by atoms with Crippen molar-refractivity contribution in [2.45, 2.75) is 203 Å². The predicted molar refractivity (Wildman–Crippen MR) is 226 cm³/mol. The Morgan fingerprint density at radius 1 is 0.274 bits per heavy atom. The molecular formula is C41H73NO31. The highest BCUT2D eigenvalue weighted by atomic mass is 16.8. The first-order valence-electron chi connectivity index (χ1n) is 23.8. The van der Waals surface area contributed by atoms with Gasteiger partial charge in [-0.2, -0.15) is 0 Å². The lowest BCUT2D eigenvalue weighted by atomic mass is 9.95. The van der Waals surface area contributed by atoms with E-state index in [4.69, 9.17) is 62.6 Å². The van der Waals surface area contributed by atoms with Crippen LogP contribution in [0.3, 0.4) is 0 Å². The predicted octanol–water partition coefficient (Wildman–Crippen LogP) is -12.9. The van der Waals surface area contributed by atoms with E-state index in [-0.39, 0.29) is 6.61 Å². The third-order valence-corrected chi connectivity index (χ3v) is 13.5. The Bertz CT molecular complexity index is 1620. The lowest BCUT2D eigenvalue weighted by Crippen LogP contribution is -2.68. The molecular weight excluding hydrogens is 1000 g/mol. The molecule has 30 atom stereocenters. The minimum Gasteiger partial charge on any atom is -0.394 e. The summed E-state index contributed by atoms with van der Waals surface area (Å²) in [5, 5.41) is 204. The molecule has 0 radical (unpaired) electrons. The smallest absolute Gasteiger partial charge is 0.187 e. The zero-order valence-corrected chi connectivity index (χ0v) is 39.1. The molecule has 21 N–H and O–H groups in total. The van der Waals surface area contributed by atoms with Gasteiger partial charge < -0.3 is 160 Å². The first-order valence-corrected chi connectivity index (χ1v) is 23.8. The minimum absolute atomic E-state index is 0.0644. The molecule has 6 aliphatic heterocycles. The van der Waals surface area contributed by atoms with Gasteiger partial charge in [0.2, 0.25) is 0 Å². The van der Waals surface area contributed by atoms with Gasteiger partial charge in [0, 0.05) is 6.61 Å². The first-order chi connectivity index (χ1) is 34.8. The van der Waals surface area contributed by atoms with Crippen LogP contribution in [0.5, 0.6) is 0 Å². The van der Waals surface area contributed by atoms with Crippen molar-refractivity contribution in [1.29, 1.82) is 0 Å². The summed E-state index contributed by atoms with van der Waals surface area (Å²) in [6, 6.07) is 0. The van der Waals surface area contributed by atoms with Crippen LogP contribution >= 0.6 is 0 Å². The molecule has 0 aromatic carbocycles. The summed E-state index contributed by atoms with van der Waals surface area (Å²) in [5.41, 5.74) is 5.53. The first kappa shape index (κ1) is 60.9. The topological polar surface area (TPSA) is 521 Å². The molecule has 0 spiro atoms. The fourth-order valence-electron chi connectivity index (χ4n) is 9.23. The van der Waals surface area contributed by atoms with E-state index in [1.165, 1.54) is 0 Å². The van der Waals surface area contributed by atoms with Gasteiger partial charge in [-0.15, -0.1) is 0 Å².